The summed E-state index contributed by atoms with van der Waals surface area (Å²) in [6.07, 6.45) is 2.75. The number of pyridine rings is 1. The Morgan fingerprint density at radius 3 is 2.76 bits per heavy atom. The van der Waals surface area contributed by atoms with Crippen LogP contribution < -0.4 is 10.6 Å². The standard InChI is InChI=1S/C19H24N6/c1-14-8-4-5-9-16(14)15(2)22-19(20-3)21-12-11-18-24-23-17-10-6-7-13-25(17)18/h4-10,13,15H,11-12H2,1-3H3,(H2,20,21,22). The van der Waals surface area contributed by atoms with Crippen LogP contribution in [0.5, 0.6) is 0 Å². The molecule has 0 aliphatic heterocycles. The smallest absolute Gasteiger partial charge is 0.191 e. The van der Waals surface area contributed by atoms with E-state index in [4.69, 9.17) is 0 Å². The average Bonchev–Trinajstić information content (AvgIpc) is 3.04. The van der Waals surface area contributed by atoms with Crippen LogP contribution in [0, 0.1) is 6.92 Å². The van der Waals surface area contributed by atoms with E-state index < -0.39 is 0 Å². The summed E-state index contributed by atoms with van der Waals surface area (Å²) in [6.45, 7) is 5.00. The van der Waals surface area contributed by atoms with Crippen molar-refractivity contribution in [3.8, 4) is 0 Å². The van der Waals surface area contributed by atoms with Crippen molar-refractivity contribution in [2.24, 2.45) is 4.99 Å². The van der Waals surface area contributed by atoms with Crippen molar-refractivity contribution in [1.29, 1.82) is 0 Å². The fourth-order valence-corrected chi connectivity index (χ4v) is 2.90. The number of nitrogens with zero attached hydrogens (tertiary/aromatic N) is 4. The largest absolute Gasteiger partial charge is 0.356 e. The minimum Gasteiger partial charge on any atom is -0.356 e. The molecule has 3 aromatic rings. The van der Waals surface area contributed by atoms with Gasteiger partial charge in [0.2, 0.25) is 0 Å². The lowest BCUT2D eigenvalue weighted by atomic mass is 10.0. The van der Waals surface area contributed by atoms with Crippen molar-refractivity contribution in [2.45, 2.75) is 26.3 Å². The van der Waals surface area contributed by atoms with Gasteiger partial charge in [-0.3, -0.25) is 9.39 Å². The van der Waals surface area contributed by atoms with Crippen LogP contribution in [0.1, 0.15) is 29.9 Å². The first-order valence-electron chi connectivity index (χ1n) is 8.50. The highest BCUT2D eigenvalue weighted by Gasteiger charge is 2.10. The Bertz CT molecular complexity index is 867. The van der Waals surface area contributed by atoms with Gasteiger partial charge in [0, 0.05) is 26.2 Å². The lowest BCUT2D eigenvalue weighted by molar-refractivity contribution is 0.676. The number of aryl methyl sites for hydroxylation is 1. The molecule has 3 rings (SSSR count). The van der Waals surface area contributed by atoms with Gasteiger partial charge in [0.25, 0.3) is 0 Å². The van der Waals surface area contributed by atoms with Crippen molar-refractivity contribution >= 4 is 11.6 Å². The van der Waals surface area contributed by atoms with E-state index in [0.29, 0.717) is 0 Å². The summed E-state index contributed by atoms with van der Waals surface area (Å²) < 4.78 is 2.01. The predicted octanol–water partition coefficient (Wildman–Crippen LogP) is 2.51. The molecule has 0 saturated carbocycles. The molecule has 1 aromatic carbocycles. The Kier molecular flexibility index (Phi) is 5.28. The molecule has 6 nitrogen and oxygen atoms in total. The Morgan fingerprint density at radius 1 is 1.16 bits per heavy atom. The zero-order chi connectivity index (χ0) is 17.6. The Labute approximate surface area is 148 Å². The molecule has 0 radical (unpaired) electrons. The second-order valence-electron chi connectivity index (χ2n) is 6.02. The van der Waals surface area contributed by atoms with Gasteiger partial charge in [-0.25, -0.2) is 0 Å². The molecule has 2 heterocycles. The molecule has 25 heavy (non-hydrogen) atoms. The first kappa shape index (κ1) is 17.0. The number of aliphatic imine (C=N–C) groups is 1. The molecule has 1 unspecified atom stereocenters. The number of rotatable bonds is 5. The molecule has 0 fully saturated rings. The van der Waals surface area contributed by atoms with Crippen LogP contribution in [0.15, 0.2) is 53.7 Å². The van der Waals surface area contributed by atoms with Gasteiger partial charge in [-0.2, -0.15) is 0 Å². The third-order valence-corrected chi connectivity index (χ3v) is 4.26. The number of benzene rings is 1. The van der Waals surface area contributed by atoms with Crippen LogP contribution in [-0.2, 0) is 6.42 Å². The summed E-state index contributed by atoms with van der Waals surface area (Å²) in [5.41, 5.74) is 3.41. The van der Waals surface area contributed by atoms with Gasteiger partial charge in [0.15, 0.2) is 11.6 Å². The zero-order valence-electron chi connectivity index (χ0n) is 14.9. The van der Waals surface area contributed by atoms with E-state index in [0.717, 1.165) is 30.4 Å². The molecule has 0 aliphatic carbocycles. The van der Waals surface area contributed by atoms with Crippen molar-refractivity contribution in [3.63, 3.8) is 0 Å². The fraction of sp³-hybridized carbons (Fsp3) is 0.316. The number of aromatic nitrogens is 3. The maximum Gasteiger partial charge on any atom is 0.191 e. The quantitative estimate of drug-likeness (QED) is 0.555. The average molecular weight is 336 g/mol. The highest BCUT2D eigenvalue weighted by atomic mass is 15.2. The monoisotopic (exact) mass is 336 g/mol. The van der Waals surface area contributed by atoms with Crippen molar-refractivity contribution in [2.75, 3.05) is 13.6 Å². The summed E-state index contributed by atoms with van der Waals surface area (Å²) in [5, 5.41) is 15.2. The first-order valence-corrected chi connectivity index (χ1v) is 8.50. The van der Waals surface area contributed by atoms with E-state index in [-0.39, 0.29) is 6.04 Å². The van der Waals surface area contributed by atoms with Crippen molar-refractivity contribution in [3.05, 3.63) is 65.6 Å². The number of guanidine groups is 1. The predicted molar refractivity (Wildman–Crippen MR) is 101 cm³/mol. The maximum absolute atomic E-state index is 4.32. The molecule has 0 amide bonds. The fourth-order valence-electron chi connectivity index (χ4n) is 2.90. The molecule has 1 atom stereocenters. The van der Waals surface area contributed by atoms with E-state index in [2.05, 4.69) is 63.9 Å². The lowest BCUT2D eigenvalue weighted by Crippen LogP contribution is -2.39. The van der Waals surface area contributed by atoms with E-state index in [1.54, 1.807) is 7.05 Å². The summed E-state index contributed by atoms with van der Waals surface area (Å²) in [5.74, 6) is 1.72. The van der Waals surface area contributed by atoms with Crippen LogP contribution in [0.3, 0.4) is 0 Å². The highest BCUT2D eigenvalue weighted by molar-refractivity contribution is 5.80. The Balaban J connectivity index is 1.57. The summed E-state index contributed by atoms with van der Waals surface area (Å²) in [7, 11) is 1.78. The molecular formula is C19H24N6. The second kappa shape index (κ2) is 7.79. The van der Waals surface area contributed by atoms with Gasteiger partial charge in [0.05, 0.1) is 6.04 Å². The SMILES string of the molecule is CN=C(NCCc1nnc2ccccn12)NC(C)c1ccccc1C. The van der Waals surface area contributed by atoms with Crippen molar-refractivity contribution in [1.82, 2.24) is 25.2 Å². The van der Waals surface area contributed by atoms with Crippen LogP contribution in [0.25, 0.3) is 5.65 Å². The van der Waals surface area contributed by atoms with Gasteiger partial charge >= 0.3 is 0 Å². The molecule has 130 valence electrons. The van der Waals surface area contributed by atoms with Gasteiger partial charge in [-0.05, 0) is 37.1 Å². The van der Waals surface area contributed by atoms with Gasteiger partial charge < -0.3 is 10.6 Å². The first-order chi connectivity index (χ1) is 12.2. The minimum atomic E-state index is 0.182. The second-order valence-corrected chi connectivity index (χ2v) is 6.02. The number of hydrogen-bond donors (Lipinski definition) is 2. The van der Waals surface area contributed by atoms with E-state index in [1.807, 2.05) is 28.8 Å². The number of hydrogen-bond acceptors (Lipinski definition) is 3. The summed E-state index contributed by atoms with van der Waals surface area (Å²) in [6, 6.07) is 14.5. The lowest BCUT2D eigenvalue weighted by Gasteiger charge is -2.19. The Morgan fingerprint density at radius 2 is 1.96 bits per heavy atom. The van der Waals surface area contributed by atoms with Crippen LogP contribution in [0.4, 0.5) is 0 Å². The molecule has 0 aliphatic rings. The van der Waals surface area contributed by atoms with E-state index in [1.165, 1.54) is 11.1 Å². The van der Waals surface area contributed by atoms with Crippen LogP contribution in [0.2, 0.25) is 0 Å². The summed E-state index contributed by atoms with van der Waals surface area (Å²) >= 11 is 0. The maximum atomic E-state index is 4.32. The molecule has 2 aromatic heterocycles. The van der Waals surface area contributed by atoms with Crippen LogP contribution >= 0.6 is 0 Å². The molecule has 2 N–H and O–H groups in total. The molecule has 6 heteroatoms. The van der Waals surface area contributed by atoms with Crippen LogP contribution in [-0.4, -0.2) is 34.2 Å². The number of nitrogens with one attached hydrogen (secondary N) is 2. The van der Waals surface area contributed by atoms with Gasteiger partial charge in [-0.15, -0.1) is 10.2 Å². The Hall–Kier alpha value is -2.89. The molecular weight excluding hydrogens is 312 g/mol. The normalized spacial score (nSPS) is 13.0. The van der Waals surface area contributed by atoms with E-state index in [9.17, 15) is 0 Å². The highest BCUT2D eigenvalue weighted by Crippen LogP contribution is 2.16. The zero-order valence-corrected chi connectivity index (χ0v) is 14.9. The third-order valence-electron chi connectivity index (χ3n) is 4.26. The molecule has 0 bridgehead atoms. The number of fused-ring (bicyclic) bond motifs is 1. The van der Waals surface area contributed by atoms with E-state index >= 15 is 0 Å². The summed E-state index contributed by atoms with van der Waals surface area (Å²) in [4.78, 5) is 4.32. The molecule has 0 spiro atoms. The minimum absolute atomic E-state index is 0.182. The topological polar surface area (TPSA) is 66.6 Å². The van der Waals surface area contributed by atoms with Gasteiger partial charge in [-0.1, -0.05) is 30.3 Å². The van der Waals surface area contributed by atoms with Crippen molar-refractivity contribution < 1.29 is 0 Å². The van der Waals surface area contributed by atoms with Gasteiger partial charge in [0.1, 0.15) is 5.82 Å². The molecule has 0 saturated heterocycles. The third kappa shape index (κ3) is 3.96.